The summed E-state index contributed by atoms with van der Waals surface area (Å²) in [6, 6.07) is 13.3. The SMILES string of the molecule is Cc1ccc(C)c(S(=O)(=O)NCCNC(=O)C(NC(=O)CC(C)C)c2ccccc2)c1. The minimum absolute atomic E-state index is 0.0307. The molecule has 31 heavy (non-hydrogen) atoms. The third-order valence-electron chi connectivity index (χ3n) is 4.64. The monoisotopic (exact) mass is 445 g/mol. The lowest BCUT2D eigenvalue weighted by atomic mass is 10.0. The van der Waals surface area contributed by atoms with Crippen molar-refractivity contribution in [3.63, 3.8) is 0 Å². The van der Waals surface area contributed by atoms with Gasteiger partial charge in [-0.15, -0.1) is 0 Å². The molecule has 168 valence electrons. The van der Waals surface area contributed by atoms with Crippen molar-refractivity contribution in [1.29, 1.82) is 0 Å². The smallest absolute Gasteiger partial charge is 0.247 e. The first kappa shape index (κ1) is 24.6. The fraction of sp³-hybridized carbons (Fsp3) is 0.391. The zero-order chi connectivity index (χ0) is 23.0. The first-order chi connectivity index (χ1) is 14.6. The molecular formula is C23H31N3O4S. The minimum atomic E-state index is -3.69. The van der Waals surface area contributed by atoms with Gasteiger partial charge in [-0.25, -0.2) is 13.1 Å². The topological polar surface area (TPSA) is 104 Å². The molecule has 0 fully saturated rings. The Kier molecular flexibility index (Phi) is 8.76. The summed E-state index contributed by atoms with van der Waals surface area (Å²) in [5, 5.41) is 5.48. The second kappa shape index (κ2) is 11.1. The van der Waals surface area contributed by atoms with E-state index in [0.29, 0.717) is 17.5 Å². The van der Waals surface area contributed by atoms with Crippen LogP contribution in [0.25, 0.3) is 0 Å². The molecule has 0 spiro atoms. The Labute approximate surface area is 184 Å². The normalized spacial score (nSPS) is 12.4. The van der Waals surface area contributed by atoms with Crippen molar-refractivity contribution in [2.45, 2.75) is 45.1 Å². The summed E-state index contributed by atoms with van der Waals surface area (Å²) in [6.45, 7) is 7.55. The number of amides is 2. The molecule has 2 aromatic rings. The summed E-state index contributed by atoms with van der Waals surface area (Å²) in [6.07, 6.45) is 0.312. The molecule has 0 saturated carbocycles. The second-order valence-corrected chi connectivity index (χ2v) is 9.70. The molecule has 3 N–H and O–H groups in total. The third-order valence-corrected chi connectivity index (χ3v) is 6.25. The van der Waals surface area contributed by atoms with Crippen molar-refractivity contribution in [2.75, 3.05) is 13.1 Å². The summed E-state index contributed by atoms with van der Waals surface area (Å²) >= 11 is 0. The van der Waals surface area contributed by atoms with Gasteiger partial charge in [0.15, 0.2) is 0 Å². The van der Waals surface area contributed by atoms with Gasteiger partial charge < -0.3 is 10.6 Å². The molecule has 1 unspecified atom stereocenters. The quantitative estimate of drug-likeness (QED) is 0.489. The van der Waals surface area contributed by atoms with Gasteiger partial charge in [-0.2, -0.15) is 0 Å². The Morgan fingerprint density at radius 1 is 0.968 bits per heavy atom. The summed E-state index contributed by atoms with van der Waals surface area (Å²) in [7, 11) is -3.69. The summed E-state index contributed by atoms with van der Waals surface area (Å²) in [4.78, 5) is 25.2. The van der Waals surface area contributed by atoms with Gasteiger partial charge in [0, 0.05) is 19.5 Å². The van der Waals surface area contributed by atoms with E-state index < -0.39 is 22.0 Å². The van der Waals surface area contributed by atoms with Crippen LogP contribution in [0.2, 0.25) is 0 Å². The Morgan fingerprint density at radius 2 is 1.65 bits per heavy atom. The van der Waals surface area contributed by atoms with E-state index in [-0.39, 0.29) is 29.8 Å². The molecule has 8 heteroatoms. The van der Waals surface area contributed by atoms with E-state index >= 15 is 0 Å². The van der Waals surface area contributed by atoms with E-state index in [1.165, 1.54) is 0 Å². The average molecular weight is 446 g/mol. The molecule has 0 bridgehead atoms. The molecule has 0 aliphatic rings. The molecule has 0 aliphatic heterocycles. The van der Waals surface area contributed by atoms with E-state index in [9.17, 15) is 18.0 Å². The average Bonchev–Trinajstić information content (AvgIpc) is 2.71. The first-order valence-electron chi connectivity index (χ1n) is 10.3. The Hall–Kier alpha value is -2.71. The summed E-state index contributed by atoms with van der Waals surface area (Å²) in [5.74, 6) is -0.442. The van der Waals surface area contributed by atoms with Crippen LogP contribution >= 0.6 is 0 Å². The Morgan fingerprint density at radius 3 is 2.29 bits per heavy atom. The highest BCUT2D eigenvalue weighted by molar-refractivity contribution is 7.89. The van der Waals surface area contributed by atoms with Crippen LogP contribution in [0.15, 0.2) is 53.4 Å². The van der Waals surface area contributed by atoms with Gasteiger partial charge in [-0.3, -0.25) is 9.59 Å². The predicted octanol–water partition coefficient (Wildman–Crippen LogP) is 2.60. The van der Waals surface area contributed by atoms with Gasteiger partial charge in [-0.1, -0.05) is 56.3 Å². The molecule has 7 nitrogen and oxygen atoms in total. The van der Waals surface area contributed by atoms with Crippen LogP contribution in [0.4, 0.5) is 0 Å². The summed E-state index contributed by atoms with van der Waals surface area (Å²) in [5.41, 5.74) is 2.16. The van der Waals surface area contributed by atoms with Crippen molar-refractivity contribution < 1.29 is 18.0 Å². The fourth-order valence-electron chi connectivity index (χ4n) is 3.08. The first-order valence-corrected chi connectivity index (χ1v) is 11.8. The summed E-state index contributed by atoms with van der Waals surface area (Å²) < 4.78 is 27.7. The lowest BCUT2D eigenvalue weighted by molar-refractivity contribution is -0.129. The number of nitrogens with one attached hydrogen (secondary N) is 3. The van der Waals surface area contributed by atoms with E-state index in [1.54, 1.807) is 43.3 Å². The van der Waals surface area contributed by atoms with Crippen LogP contribution in [0.1, 0.15) is 43.0 Å². The Balaban J connectivity index is 1.99. The zero-order valence-corrected chi connectivity index (χ0v) is 19.3. The van der Waals surface area contributed by atoms with Crippen LogP contribution in [0.3, 0.4) is 0 Å². The maximum Gasteiger partial charge on any atom is 0.247 e. The number of carbonyl (C=O) groups is 2. The van der Waals surface area contributed by atoms with Crippen LogP contribution < -0.4 is 15.4 Å². The van der Waals surface area contributed by atoms with Crippen LogP contribution in [-0.4, -0.2) is 33.3 Å². The zero-order valence-electron chi connectivity index (χ0n) is 18.4. The molecule has 2 rings (SSSR count). The second-order valence-electron chi connectivity index (χ2n) is 7.97. The maximum absolute atomic E-state index is 12.8. The Bertz CT molecular complexity index is 1000. The molecule has 2 aromatic carbocycles. The highest BCUT2D eigenvalue weighted by atomic mass is 32.2. The fourth-order valence-corrected chi connectivity index (χ4v) is 4.44. The van der Waals surface area contributed by atoms with Gasteiger partial charge >= 0.3 is 0 Å². The lowest BCUT2D eigenvalue weighted by Crippen LogP contribution is -2.43. The van der Waals surface area contributed by atoms with Gasteiger partial charge in [-0.05, 0) is 42.5 Å². The van der Waals surface area contributed by atoms with Crippen molar-refractivity contribution >= 4 is 21.8 Å². The molecule has 0 radical (unpaired) electrons. The number of hydrogen-bond donors (Lipinski definition) is 3. The maximum atomic E-state index is 12.8. The van der Waals surface area contributed by atoms with E-state index in [0.717, 1.165) is 5.56 Å². The lowest BCUT2D eigenvalue weighted by Gasteiger charge is -2.19. The van der Waals surface area contributed by atoms with Gasteiger partial charge in [0.25, 0.3) is 0 Å². The minimum Gasteiger partial charge on any atom is -0.353 e. The van der Waals surface area contributed by atoms with Crippen LogP contribution in [0, 0.1) is 19.8 Å². The largest absolute Gasteiger partial charge is 0.353 e. The number of hydrogen-bond acceptors (Lipinski definition) is 4. The van der Waals surface area contributed by atoms with E-state index in [2.05, 4.69) is 15.4 Å². The highest BCUT2D eigenvalue weighted by Crippen LogP contribution is 2.16. The molecule has 2 amide bonds. The third kappa shape index (κ3) is 7.48. The van der Waals surface area contributed by atoms with Crippen molar-refractivity contribution in [3.05, 3.63) is 65.2 Å². The number of aryl methyl sites for hydroxylation is 2. The molecule has 1 atom stereocenters. The van der Waals surface area contributed by atoms with E-state index in [4.69, 9.17) is 0 Å². The molecule has 0 heterocycles. The van der Waals surface area contributed by atoms with Gasteiger partial charge in [0.1, 0.15) is 6.04 Å². The molecule has 0 saturated heterocycles. The predicted molar refractivity (Wildman–Crippen MR) is 121 cm³/mol. The van der Waals surface area contributed by atoms with Gasteiger partial charge in [0.05, 0.1) is 4.90 Å². The molecule has 0 aliphatic carbocycles. The highest BCUT2D eigenvalue weighted by Gasteiger charge is 2.23. The standard InChI is InChI=1S/C23H31N3O4S/c1-16(2)14-21(27)26-22(19-8-6-5-7-9-19)23(28)24-12-13-25-31(29,30)20-15-17(3)10-11-18(20)4/h5-11,15-16,22,25H,12-14H2,1-4H3,(H,24,28)(H,26,27). The van der Waals surface area contributed by atoms with Crippen LogP contribution in [-0.2, 0) is 19.6 Å². The number of rotatable bonds is 10. The number of sulfonamides is 1. The van der Waals surface area contributed by atoms with Crippen molar-refractivity contribution in [2.24, 2.45) is 5.92 Å². The van der Waals surface area contributed by atoms with Crippen molar-refractivity contribution in [3.8, 4) is 0 Å². The van der Waals surface area contributed by atoms with E-state index in [1.807, 2.05) is 32.9 Å². The molecular weight excluding hydrogens is 414 g/mol. The van der Waals surface area contributed by atoms with Gasteiger partial charge in [0.2, 0.25) is 21.8 Å². The molecule has 0 aromatic heterocycles. The number of benzene rings is 2. The van der Waals surface area contributed by atoms with Crippen molar-refractivity contribution in [1.82, 2.24) is 15.4 Å². The van der Waals surface area contributed by atoms with Crippen LogP contribution in [0.5, 0.6) is 0 Å². The number of carbonyl (C=O) groups excluding carboxylic acids is 2.